The average Bonchev–Trinajstić information content (AvgIpc) is 3.26. The summed E-state index contributed by atoms with van der Waals surface area (Å²) in [5, 5.41) is 22.3. The van der Waals surface area contributed by atoms with Gasteiger partial charge >= 0.3 is 11.9 Å². The van der Waals surface area contributed by atoms with Gasteiger partial charge in [0.15, 0.2) is 0 Å². The molecule has 2 rings (SSSR count). The second-order valence-electron chi connectivity index (χ2n) is 4.76. The minimum absolute atomic E-state index is 0.340. The predicted molar refractivity (Wildman–Crippen MR) is 85.9 cm³/mol. The Morgan fingerprint density at radius 3 is 2.27 bits per heavy atom. The molecular formula is C14H18BrN3O4. The number of carboxylic acid groups (broad SMARTS) is 2. The third-order valence-corrected chi connectivity index (χ3v) is 3.58. The van der Waals surface area contributed by atoms with Crippen molar-refractivity contribution in [3.8, 4) is 0 Å². The number of halogens is 1. The fourth-order valence-corrected chi connectivity index (χ4v) is 1.79. The standard InChI is InChI=1S/C10H14BrN3.C4H4O4/c1-12-10(4-5-10)7-14-8-2-3-9(11)13-6-8;5-3(6)1-2-4(7)8/h2-3,6,12,14H,4-5,7H2,1H3;1-2H,(H,5,6)(H,7,8). The summed E-state index contributed by atoms with van der Waals surface area (Å²) in [5.41, 5.74) is 1.42. The Labute approximate surface area is 136 Å². The molecule has 0 saturated heterocycles. The molecule has 22 heavy (non-hydrogen) atoms. The molecule has 1 saturated carbocycles. The molecule has 1 aromatic heterocycles. The maximum atomic E-state index is 9.55. The monoisotopic (exact) mass is 371 g/mol. The predicted octanol–water partition coefficient (Wildman–Crippen LogP) is 1.72. The summed E-state index contributed by atoms with van der Waals surface area (Å²) in [4.78, 5) is 23.3. The lowest BCUT2D eigenvalue weighted by molar-refractivity contribution is -0.134. The van der Waals surface area contributed by atoms with Crippen molar-refractivity contribution in [3.05, 3.63) is 35.1 Å². The van der Waals surface area contributed by atoms with E-state index in [4.69, 9.17) is 10.2 Å². The zero-order valence-electron chi connectivity index (χ0n) is 12.0. The molecule has 0 aliphatic heterocycles. The number of rotatable bonds is 6. The zero-order chi connectivity index (χ0) is 16.6. The molecule has 0 unspecified atom stereocenters. The van der Waals surface area contributed by atoms with Crippen LogP contribution in [-0.2, 0) is 9.59 Å². The van der Waals surface area contributed by atoms with Gasteiger partial charge in [-0.2, -0.15) is 0 Å². The quantitative estimate of drug-likeness (QED) is 0.444. The van der Waals surface area contributed by atoms with Crippen LogP contribution < -0.4 is 10.6 Å². The van der Waals surface area contributed by atoms with Crippen molar-refractivity contribution in [2.45, 2.75) is 18.4 Å². The minimum Gasteiger partial charge on any atom is -0.478 e. The van der Waals surface area contributed by atoms with E-state index in [2.05, 4.69) is 31.5 Å². The Balaban J connectivity index is 0.000000261. The van der Waals surface area contributed by atoms with Gasteiger partial charge in [-0.15, -0.1) is 0 Å². The second-order valence-corrected chi connectivity index (χ2v) is 5.58. The summed E-state index contributed by atoms with van der Waals surface area (Å²) in [7, 11) is 2.02. The normalized spacial score (nSPS) is 14.8. The van der Waals surface area contributed by atoms with Crippen LogP contribution >= 0.6 is 15.9 Å². The third-order valence-electron chi connectivity index (χ3n) is 3.11. The summed E-state index contributed by atoms with van der Waals surface area (Å²) < 4.78 is 0.873. The lowest BCUT2D eigenvalue weighted by Gasteiger charge is -2.15. The molecule has 1 aromatic rings. The van der Waals surface area contributed by atoms with Gasteiger partial charge in [0.25, 0.3) is 0 Å². The second kappa shape index (κ2) is 8.50. The Morgan fingerprint density at radius 2 is 1.91 bits per heavy atom. The molecule has 8 heteroatoms. The van der Waals surface area contributed by atoms with Crippen molar-refractivity contribution >= 4 is 33.6 Å². The lowest BCUT2D eigenvalue weighted by atomic mass is 10.2. The number of pyridine rings is 1. The van der Waals surface area contributed by atoms with Crippen LogP contribution in [0.25, 0.3) is 0 Å². The Kier molecular flexibility index (Phi) is 7.00. The first kappa shape index (κ1) is 18.1. The molecule has 0 radical (unpaired) electrons. The number of likely N-dealkylation sites (N-methyl/N-ethyl adjacent to an activating group) is 1. The fourth-order valence-electron chi connectivity index (χ4n) is 1.56. The van der Waals surface area contributed by atoms with E-state index >= 15 is 0 Å². The smallest absolute Gasteiger partial charge is 0.328 e. The number of hydrogen-bond acceptors (Lipinski definition) is 5. The van der Waals surface area contributed by atoms with Crippen molar-refractivity contribution in [1.82, 2.24) is 10.3 Å². The number of carboxylic acids is 2. The highest BCUT2D eigenvalue weighted by atomic mass is 79.9. The van der Waals surface area contributed by atoms with E-state index in [1.165, 1.54) is 12.8 Å². The zero-order valence-corrected chi connectivity index (χ0v) is 13.6. The van der Waals surface area contributed by atoms with Gasteiger partial charge in [0, 0.05) is 24.2 Å². The highest BCUT2D eigenvalue weighted by Gasteiger charge is 2.40. The van der Waals surface area contributed by atoms with E-state index in [-0.39, 0.29) is 0 Å². The summed E-state index contributed by atoms with van der Waals surface area (Å²) in [5.74, 6) is -2.51. The topological polar surface area (TPSA) is 112 Å². The van der Waals surface area contributed by atoms with Crippen LogP contribution in [0.3, 0.4) is 0 Å². The van der Waals surface area contributed by atoms with Crippen LogP contribution in [0, 0.1) is 0 Å². The number of nitrogens with zero attached hydrogens (tertiary/aromatic N) is 1. The van der Waals surface area contributed by atoms with E-state index in [1.54, 1.807) is 0 Å². The first-order chi connectivity index (χ1) is 10.4. The molecule has 1 fully saturated rings. The summed E-state index contributed by atoms with van der Waals surface area (Å²) in [6.07, 6.45) is 5.49. The molecule has 1 aliphatic rings. The Bertz CT molecular complexity index is 526. The summed E-state index contributed by atoms with van der Waals surface area (Å²) >= 11 is 3.31. The highest BCUT2D eigenvalue weighted by Crippen LogP contribution is 2.34. The molecule has 4 N–H and O–H groups in total. The van der Waals surface area contributed by atoms with Gasteiger partial charge in [0.2, 0.25) is 0 Å². The number of nitrogens with one attached hydrogen (secondary N) is 2. The molecule has 1 heterocycles. The molecule has 120 valence electrons. The van der Waals surface area contributed by atoms with Crippen LogP contribution in [0.4, 0.5) is 5.69 Å². The molecule has 1 aliphatic carbocycles. The highest BCUT2D eigenvalue weighted by molar-refractivity contribution is 9.10. The van der Waals surface area contributed by atoms with Crippen molar-refractivity contribution in [3.63, 3.8) is 0 Å². The number of anilines is 1. The van der Waals surface area contributed by atoms with Crippen molar-refractivity contribution in [2.24, 2.45) is 0 Å². The van der Waals surface area contributed by atoms with Crippen LogP contribution in [0.5, 0.6) is 0 Å². The number of carbonyl (C=O) groups is 2. The van der Waals surface area contributed by atoms with E-state index in [0.29, 0.717) is 17.7 Å². The van der Waals surface area contributed by atoms with Gasteiger partial charge < -0.3 is 20.8 Å². The SMILES string of the molecule is CNC1(CNc2ccc(Br)nc2)CC1.O=C(O)C=CC(=O)O. The van der Waals surface area contributed by atoms with Crippen molar-refractivity contribution in [1.29, 1.82) is 0 Å². The molecular weight excluding hydrogens is 354 g/mol. The maximum absolute atomic E-state index is 9.55. The van der Waals surface area contributed by atoms with Gasteiger partial charge in [-0.25, -0.2) is 14.6 Å². The van der Waals surface area contributed by atoms with Crippen molar-refractivity contribution < 1.29 is 19.8 Å². The van der Waals surface area contributed by atoms with Gasteiger partial charge in [-0.3, -0.25) is 0 Å². The number of hydrogen-bond donors (Lipinski definition) is 4. The summed E-state index contributed by atoms with van der Waals surface area (Å²) in [6, 6.07) is 3.98. The lowest BCUT2D eigenvalue weighted by Crippen LogP contribution is -2.34. The molecule has 0 aromatic carbocycles. The molecule has 0 bridgehead atoms. The van der Waals surface area contributed by atoms with Gasteiger partial charge in [-0.1, -0.05) is 0 Å². The van der Waals surface area contributed by atoms with Crippen LogP contribution in [0.2, 0.25) is 0 Å². The van der Waals surface area contributed by atoms with E-state index in [0.717, 1.165) is 16.8 Å². The minimum atomic E-state index is -1.26. The van der Waals surface area contributed by atoms with Gasteiger partial charge in [-0.05, 0) is 48.0 Å². The fraction of sp³-hybridized carbons (Fsp3) is 0.357. The molecule has 0 amide bonds. The Morgan fingerprint density at radius 1 is 1.32 bits per heavy atom. The number of aliphatic carboxylic acids is 2. The molecule has 7 nitrogen and oxygen atoms in total. The average molecular weight is 372 g/mol. The van der Waals surface area contributed by atoms with Crippen LogP contribution in [0.15, 0.2) is 35.1 Å². The van der Waals surface area contributed by atoms with Crippen LogP contribution in [-0.4, -0.2) is 46.3 Å². The first-order valence-corrected chi connectivity index (χ1v) is 7.34. The van der Waals surface area contributed by atoms with Crippen molar-refractivity contribution in [2.75, 3.05) is 18.9 Å². The van der Waals surface area contributed by atoms with E-state index in [1.807, 2.05) is 25.4 Å². The summed E-state index contributed by atoms with van der Waals surface area (Å²) in [6.45, 7) is 0.979. The van der Waals surface area contributed by atoms with E-state index < -0.39 is 11.9 Å². The molecule has 0 spiro atoms. The Hall–Kier alpha value is -1.93. The first-order valence-electron chi connectivity index (χ1n) is 6.55. The van der Waals surface area contributed by atoms with E-state index in [9.17, 15) is 9.59 Å². The third kappa shape index (κ3) is 7.19. The van der Waals surface area contributed by atoms with Gasteiger partial charge in [0.05, 0.1) is 11.9 Å². The van der Waals surface area contributed by atoms with Gasteiger partial charge in [0.1, 0.15) is 4.60 Å². The van der Waals surface area contributed by atoms with Crippen LogP contribution in [0.1, 0.15) is 12.8 Å². The maximum Gasteiger partial charge on any atom is 0.328 e. The number of aromatic nitrogens is 1. The largest absolute Gasteiger partial charge is 0.478 e. The molecule has 0 atom stereocenters.